The number of carbonyl (C=O) groups is 1. The number of hydrogen-bond acceptors (Lipinski definition) is 2. The maximum absolute atomic E-state index is 10.0. The maximum Gasteiger partial charge on any atom is 0.142 e. The Labute approximate surface area is 106 Å². The van der Waals surface area contributed by atoms with Gasteiger partial charge in [0.15, 0.2) is 0 Å². The lowest BCUT2D eigenvalue weighted by atomic mass is 10.1. The van der Waals surface area contributed by atoms with Gasteiger partial charge in [-0.15, -0.1) is 0 Å². The van der Waals surface area contributed by atoms with Crippen LogP contribution in [0.15, 0.2) is 12.2 Å². The van der Waals surface area contributed by atoms with Crippen LogP contribution in [0, 0.1) is 0 Å². The van der Waals surface area contributed by atoms with Crippen LogP contribution in [0.4, 0.5) is 0 Å². The highest BCUT2D eigenvalue weighted by atomic mass is 16.3. The van der Waals surface area contributed by atoms with Crippen LogP contribution >= 0.6 is 0 Å². The molecule has 1 atom stereocenters. The molecular weight excluding hydrogens is 212 g/mol. The minimum atomic E-state index is -0.440. The van der Waals surface area contributed by atoms with Crippen molar-refractivity contribution in [2.24, 2.45) is 0 Å². The Hall–Kier alpha value is -0.630. The molecule has 0 aromatic rings. The van der Waals surface area contributed by atoms with Crippen LogP contribution in [0.2, 0.25) is 0 Å². The lowest BCUT2D eigenvalue weighted by molar-refractivity contribution is -0.104. The molecule has 0 aliphatic rings. The summed E-state index contributed by atoms with van der Waals surface area (Å²) in [4.78, 5) is 10.0. The second-order valence-electron chi connectivity index (χ2n) is 4.71. The average Bonchev–Trinajstić information content (AvgIpc) is 2.34. The quantitative estimate of drug-likeness (QED) is 0.318. The van der Waals surface area contributed by atoms with E-state index in [-0.39, 0.29) is 0 Å². The van der Waals surface area contributed by atoms with Gasteiger partial charge in [0.05, 0.1) is 6.10 Å². The van der Waals surface area contributed by atoms with Crippen molar-refractivity contribution in [1.82, 2.24) is 0 Å². The molecule has 0 saturated heterocycles. The van der Waals surface area contributed by atoms with Gasteiger partial charge in [0.2, 0.25) is 0 Å². The fraction of sp³-hybridized carbons (Fsp3) is 0.800. The third-order valence-electron chi connectivity index (χ3n) is 3.02. The van der Waals surface area contributed by atoms with Gasteiger partial charge in [-0.1, -0.05) is 70.8 Å². The Morgan fingerprint density at radius 1 is 0.941 bits per heavy atom. The van der Waals surface area contributed by atoms with E-state index in [1.54, 1.807) is 6.08 Å². The Bertz CT molecular complexity index is 187. The van der Waals surface area contributed by atoms with Crippen LogP contribution in [-0.2, 0) is 4.79 Å². The van der Waals surface area contributed by atoms with Crippen LogP contribution < -0.4 is 0 Å². The summed E-state index contributed by atoms with van der Waals surface area (Å²) in [5.41, 5.74) is 0. The summed E-state index contributed by atoms with van der Waals surface area (Å²) in [6.07, 6.45) is 15.6. The molecule has 0 fully saturated rings. The third kappa shape index (κ3) is 13.3. The highest BCUT2D eigenvalue weighted by Crippen LogP contribution is 2.11. The van der Waals surface area contributed by atoms with Gasteiger partial charge in [0.25, 0.3) is 0 Å². The summed E-state index contributed by atoms with van der Waals surface area (Å²) in [5.74, 6) is 0. The lowest BCUT2D eigenvalue weighted by Crippen LogP contribution is -2.01. The van der Waals surface area contributed by atoms with E-state index >= 15 is 0 Å². The fourth-order valence-corrected chi connectivity index (χ4v) is 1.93. The molecule has 1 N–H and O–H groups in total. The molecule has 0 bridgehead atoms. The fourth-order valence-electron chi connectivity index (χ4n) is 1.93. The Balaban J connectivity index is 3.12. The summed E-state index contributed by atoms with van der Waals surface area (Å²) in [5, 5.41) is 9.43. The van der Waals surface area contributed by atoms with Crippen molar-refractivity contribution in [3.63, 3.8) is 0 Å². The molecule has 2 heteroatoms. The van der Waals surface area contributed by atoms with E-state index in [0.717, 1.165) is 12.8 Å². The van der Waals surface area contributed by atoms with Gasteiger partial charge in [-0.05, 0) is 12.5 Å². The molecule has 0 aliphatic heterocycles. The molecule has 0 aromatic carbocycles. The monoisotopic (exact) mass is 240 g/mol. The first kappa shape index (κ1) is 16.4. The maximum atomic E-state index is 10.0. The number of aldehydes is 1. The van der Waals surface area contributed by atoms with E-state index in [4.69, 9.17) is 0 Å². The van der Waals surface area contributed by atoms with Crippen molar-refractivity contribution < 1.29 is 9.90 Å². The summed E-state index contributed by atoms with van der Waals surface area (Å²) in [7, 11) is 0. The predicted octanol–water partition coefficient (Wildman–Crippen LogP) is 4.02. The first-order valence-electron chi connectivity index (χ1n) is 7.11. The van der Waals surface area contributed by atoms with E-state index in [2.05, 4.69) is 6.92 Å². The van der Waals surface area contributed by atoms with Gasteiger partial charge in [0.1, 0.15) is 6.29 Å². The molecule has 0 rings (SSSR count). The number of unbranched alkanes of at least 4 members (excludes halogenated alkanes) is 8. The molecular formula is C15H28O2. The van der Waals surface area contributed by atoms with Crippen molar-refractivity contribution in [1.29, 1.82) is 0 Å². The second-order valence-corrected chi connectivity index (χ2v) is 4.71. The summed E-state index contributed by atoms with van der Waals surface area (Å²) < 4.78 is 0. The summed E-state index contributed by atoms with van der Waals surface area (Å²) in [6, 6.07) is 0. The predicted molar refractivity (Wildman–Crippen MR) is 73.1 cm³/mol. The summed E-state index contributed by atoms with van der Waals surface area (Å²) in [6.45, 7) is 2.24. The van der Waals surface area contributed by atoms with E-state index in [1.807, 2.05) is 0 Å². The van der Waals surface area contributed by atoms with Crippen LogP contribution in [0.3, 0.4) is 0 Å². The highest BCUT2D eigenvalue weighted by molar-refractivity contribution is 5.64. The molecule has 0 aliphatic carbocycles. The number of hydrogen-bond donors (Lipinski definition) is 1. The number of allylic oxidation sites excluding steroid dienone is 1. The molecule has 0 radical (unpaired) electrons. The molecule has 0 aromatic heterocycles. The number of rotatable bonds is 12. The lowest BCUT2D eigenvalue weighted by Gasteiger charge is -2.05. The van der Waals surface area contributed by atoms with E-state index < -0.39 is 6.10 Å². The minimum absolute atomic E-state index is 0.440. The molecule has 17 heavy (non-hydrogen) atoms. The van der Waals surface area contributed by atoms with Gasteiger partial charge in [-0.3, -0.25) is 4.79 Å². The Morgan fingerprint density at radius 2 is 1.47 bits per heavy atom. The first-order chi connectivity index (χ1) is 8.31. The van der Waals surface area contributed by atoms with Crippen molar-refractivity contribution >= 4 is 6.29 Å². The molecule has 2 nitrogen and oxygen atoms in total. The topological polar surface area (TPSA) is 37.3 Å². The van der Waals surface area contributed by atoms with Crippen molar-refractivity contribution in [3.05, 3.63) is 12.2 Å². The van der Waals surface area contributed by atoms with Gasteiger partial charge in [-0.2, -0.15) is 0 Å². The molecule has 0 amide bonds. The van der Waals surface area contributed by atoms with E-state index in [9.17, 15) is 9.90 Å². The zero-order valence-corrected chi connectivity index (χ0v) is 11.2. The summed E-state index contributed by atoms with van der Waals surface area (Å²) >= 11 is 0. The highest BCUT2D eigenvalue weighted by Gasteiger charge is 1.98. The van der Waals surface area contributed by atoms with E-state index in [1.165, 1.54) is 57.4 Å². The Kier molecular flexibility index (Phi) is 12.9. The second kappa shape index (κ2) is 13.4. The van der Waals surface area contributed by atoms with Crippen molar-refractivity contribution in [2.45, 2.75) is 77.2 Å². The van der Waals surface area contributed by atoms with E-state index in [0.29, 0.717) is 6.29 Å². The minimum Gasteiger partial charge on any atom is -0.389 e. The van der Waals surface area contributed by atoms with Gasteiger partial charge < -0.3 is 5.11 Å². The van der Waals surface area contributed by atoms with Gasteiger partial charge >= 0.3 is 0 Å². The molecule has 1 unspecified atom stereocenters. The Morgan fingerprint density at radius 3 is 2.00 bits per heavy atom. The number of carbonyl (C=O) groups excluding carboxylic acids is 1. The zero-order chi connectivity index (χ0) is 12.8. The first-order valence-corrected chi connectivity index (χ1v) is 7.11. The molecule has 100 valence electrons. The SMILES string of the molecule is CCCCCCCCCCCC(O)C=CC=O. The van der Waals surface area contributed by atoms with Crippen LogP contribution in [0.25, 0.3) is 0 Å². The number of aliphatic hydroxyl groups excluding tert-OH is 1. The number of aliphatic hydroxyl groups is 1. The third-order valence-corrected chi connectivity index (χ3v) is 3.02. The smallest absolute Gasteiger partial charge is 0.142 e. The average molecular weight is 240 g/mol. The van der Waals surface area contributed by atoms with Gasteiger partial charge in [0, 0.05) is 0 Å². The van der Waals surface area contributed by atoms with Crippen LogP contribution in [0.1, 0.15) is 71.1 Å². The van der Waals surface area contributed by atoms with Crippen LogP contribution in [0.5, 0.6) is 0 Å². The molecule has 0 heterocycles. The van der Waals surface area contributed by atoms with Crippen molar-refractivity contribution in [3.8, 4) is 0 Å². The normalized spacial score (nSPS) is 13.1. The standard InChI is InChI=1S/C15H28O2/c1-2-3-4-5-6-7-8-9-10-12-15(17)13-11-14-16/h11,13-15,17H,2-10,12H2,1H3. The largest absolute Gasteiger partial charge is 0.389 e. The molecule has 0 saturated carbocycles. The van der Waals surface area contributed by atoms with Crippen molar-refractivity contribution in [2.75, 3.05) is 0 Å². The van der Waals surface area contributed by atoms with Crippen LogP contribution in [-0.4, -0.2) is 17.5 Å². The molecule has 0 spiro atoms. The zero-order valence-electron chi connectivity index (χ0n) is 11.2. The van der Waals surface area contributed by atoms with Gasteiger partial charge in [-0.25, -0.2) is 0 Å².